The van der Waals surface area contributed by atoms with Gasteiger partial charge in [0, 0.05) is 37.2 Å². The Balaban J connectivity index is 1.59. The van der Waals surface area contributed by atoms with Gasteiger partial charge in [-0.1, -0.05) is 49.4 Å². The van der Waals surface area contributed by atoms with E-state index in [2.05, 4.69) is 20.8 Å². The fourth-order valence-electron chi connectivity index (χ4n) is 5.22. The number of hydrogen-bond donors (Lipinski definition) is 3. The van der Waals surface area contributed by atoms with Gasteiger partial charge in [-0.25, -0.2) is 4.68 Å². The minimum atomic E-state index is -4.78. The van der Waals surface area contributed by atoms with Crippen LogP contribution in [-0.4, -0.2) is 55.3 Å². The third-order valence-electron chi connectivity index (χ3n) is 7.22. The van der Waals surface area contributed by atoms with Crippen LogP contribution in [0, 0.1) is 0 Å². The Morgan fingerprint density at radius 1 is 1.05 bits per heavy atom. The number of fused-ring (bicyclic) bond motifs is 1. The van der Waals surface area contributed by atoms with Crippen molar-refractivity contribution in [1.29, 1.82) is 0 Å². The van der Waals surface area contributed by atoms with E-state index in [1.54, 1.807) is 22.7 Å². The summed E-state index contributed by atoms with van der Waals surface area (Å²) in [7, 11) is 0. The van der Waals surface area contributed by atoms with Crippen LogP contribution in [0.5, 0.6) is 0 Å². The number of nitrogens with one attached hydrogen (secondary N) is 2. The second kappa shape index (κ2) is 11.7. The van der Waals surface area contributed by atoms with E-state index in [0.29, 0.717) is 36.1 Å². The van der Waals surface area contributed by atoms with Crippen LogP contribution in [0.2, 0.25) is 0 Å². The van der Waals surface area contributed by atoms with Gasteiger partial charge in [-0.2, -0.15) is 14.9 Å². The fourth-order valence-corrected chi connectivity index (χ4v) is 5.22. The lowest BCUT2D eigenvalue weighted by Crippen LogP contribution is -2.58. The second-order valence-corrected chi connectivity index (χ2v) is 9.84. The highest BCUT2D eigenvalue weighted by atomic mass is 19.4. The molecule has 5 rings (SSSR count). The number of para-hydroxylation sites is 1. The van der Waals surface area contributed by atoms with Crippen molar-refractivity contribution in [2.24, 2.45) is 0 Å². The van der Waals surface area contributed by atoms with E-state index < -0.39 is 36.1 Å². The molecule has 0 saturated carbocycles. The summed E-state index contributed by atoms with van der Waals surface area (Å²) in [6.45, 7) is 4.22. The fraction of sp³-hybridized carbons (Fsp3) is 0.310. The number of aromatic nitrogens is 4. The molecular formula is C29H30F3N7O3. The predicted octanol–water partition coefficient (Wildman–Crippen LogP) is 3.66. The first-order valence-corrected chi connectivity index (χ1v) is 13.5. The van der Waals surface area contributed by atoms with Crippen LogP contribution in [0.4, 0.5) is 19.0 Å². The summed E-state index contributed by atoms with van der Waals surface area (Å²) in [4.78, 5) is 26.8. The van der Waals surface area contributed by atoms with Gasteiger partial charge in [-0.05, 0) is 36.2 Å². The number of hydrogen-bond acceptors (Lipinski definition) is 6. The van der Waals surface area contributed by atoms with Crippen LogP contribution in [0.3, 0.4) is 0 Å². The third kappa shape index (κ3) is 5.59. The van der Waals surface area contributed by atoms with Crippen LogP contribution in [0.15, 0.2) is 73.1 Å². The molecule has 1 unspecified atom stereocenters. The Morgan fingerprint density at radius 3 is 2.48 bits per heavy atom. The smallest absolute Gasteiger partial charge is 0.371 e. The molecule has 2 amide bonds. The van der Waals surface area contributed by atoms with E-state index in [0.717, 1.165) is 17.3 Å². The number of amides is 2. The maximum Gasteiger partial charge on any atom is 0.504 e. The number of alkyl halides is 3. The SMILES string of the molecule is CCC(=O)NCc1cccc([C@@H]2c3cnn(-c4ccccc4)c3N(CC)C(O)[C@H]2NC(=O)c2ccn(C(F)(F)F)n2)c1. The molecule has 3 N–H and O–H groups in total. The number of nitrogens with zero attached hydrogens (tertiary/aromatic N) is 5. The predicted molar refractivity (Wildman–Crippen MR) is 148 cm³/mol. The van der Waals surface area contributed by atoms with Crippen LogP contribution in [-0.2, 0) is 17.6 Å². The van der Waals surface area contributed by atoms with E-state index in [4.69, 9.17) is 0 Å². The third-order valence-corrected chi connectivity index (χ3v) is 7.22. The molecule has 3 atom stereocenters. The Bertz CT molecular complexity index is 1570. The summed E-state index contributed by atoms with van der Waals surface area (Å²) in [5.41, 5.74) is 2.54. The van der Waals surface area contributed by atoms with Gasteiger partial charge in [0.05, 0.1) is 17.9 Å². The molecule has 4 aromatic rings. The molecule has 10 nitrogen and oxygen atoms in total. The lowest BCUT2D eigenvalue weighted by Gasteiger charge is -2.43. The first-order valence-electron chi connectivity index (χ1n) is 13.5. The minimum absolute atomic E-state index is 0.109. The summed E-state index contributed by atoms with van der Waals surface area (Å²) >= 11 is 0. The monoisotopic (exact) mass is 581 g/mol. The Morgan fingerprint density at radius 2 is 1.81 bits per heavy atom. The maximum atomic E-state index is 13.2. The number of aliphatic hydroxyl groups is 1. The number of likely N-dealkylation sites (N-methyl/N-ethyl adjacent to an activating group) is 1. The minimum Gasteiger partial charge on any atom is -0.371 e. The number of benzene rings is 2. The molecule has 220 valence electrons. The van der Waals surface area contributed by atoms with Gasteiger partial charge >= 0.3 is 6.30 Å². The van der Waals surface area contributed by atoms with Crippen LogP contribution in [0.1, 0.15) is 53.4 Å². The van der Waals surface area contributed by atoms with E-state index in [1.807, 2.05) is 61.5 Å². The highest BCUT2D eigenvalue weighted by Gasteiger charge is 2.44. The van der Waals surface area contributed by atoms with Gasteiger partial charge in [0.1, 0.15) is 17.7 Å². The number of carbonyl (C=O) groups excluding carboxylic acids is 2. The van der Waals surface area contributed by atoms with Gasteiger partial charge in [0.2, 0.25) is 5.91 Å². The normalized spacial score (nSPS) is 18.4. The molecule has 0 saturated heterocycles. The van der Waals surface area contributed by atoms with Gasteiger partial charge in [0.15, 0.2) is 0 Å². The van der Waals surface area contributed by atoms with E-state index >= 15 is 0 Å². The molecule has 13 heteroatoms. The van der Waals surface area contributed by atoms with Crippen molar-refractivity contribution in [3.8, 4) is 5.69 Å². The summed E-state index contributed by atoms with van der Waals surface area (Å²) < 4.78 is 40.9. The maximum absolute atomic E-state index is 13.2. The van der Waals surface area contributed by atoms with Crippen molar-refractivity contribution >= 4 is 17.6 Å². The molecular weight excluding hydrogens is 551 g/mol. The number of rotatable bonds is 8. The zero-order valence-corrected chi connectivity index (χ0v) is 22.9. The lowest BCUT2D eigenvalue weighted by atomic mass is 9.81. The summed E-state index contributed by atoms with van der Waals surface area (Å²) in [6, 6.07) is 16.7. The lowest BCUT2D eigenvalue weighted by molar-refractivity contribution is -0.212. The van der Waals surface area contributed by atoms with Crippen molar-refractivity contribution in [2.75, 3.05) is 11.4 Å². The van der Waals surface area contributed by atoms with Gasteiger partial charge in [-0.15, -0.1) is 13.2 Å². The molecule has 0 bridgehead atoms. The number of anilines is 1. The zero-order chi connectivity index (χ0) is 30.0. The Labute approximate surface area is 239 Å². The molecule has 3 heterocycles. The van der Waals surface area contributed by atoms with Crippen molar-refractivity contribution in [3.05, 3.63) is 95.4 Å². The Kier molecular flexibility index (Phi) is 8.03. The molecule has 2 aromatic carbocycles. The Hall–Kier alpha value is -4.65. The van der Waals surface area contributed by atoms with Crippen molar-refractivity contribution in [2.45, 2.75) is 51.3 Å². The molecule has 0 fully saturated rings. The van der Waals surface area contributed by atoms with Gasteiger partial charge in [0.25, 0.3) is 5.91 Å². The number of aliphatic hydroxyl groups excluding tert-OH is 1. The molecule has 0 radical (unpaired) electrons. The molecule has 1 aliphatic heterocycles. The highest BCUT2D eigenvalue weighted by molar-refractivity contribution is 5.92. The van der Waals surface area contributed by atoms with Gasteiger partial charge < -0.3 is 20.6 Å². The molecule has 1 aliphatic rings. The first kappa shape index (κ1) is 28.9. The topological polar surface area (TPSA) is 117 Å². The summed E-state index contributed by atoms with van der Waals surface area (Å²) in [5.74, 6) is -1.00. The van der Waals surface area contributed by atoms with Gasteiger partial charge in [-0.3, -0.25) is 9.59 Å². The molecule has 0 spiro atoms. The van der Waals surface area contributed by atoms with E-state index in [-0.39, 0.29) is 17.1 Å². The molecule has 42 heavy (non-hydrogen) atoms. The van der Waals surface area contributed by atoms with Crippen molar-refractivity contribution in [3.63, 3.8) is 0 Å². The van der Waals surface area contributed by atoms with Crippen LogP contribution >= 0.6 is 0 Å². The van der Waals surface area contributed by atoms with E-state index in [9.17, 15) is 27.9 Å². The van der Waals surface area contributed by atoms with E-state index in [1.165, 1.54) is 0 Å². The zero-order valence-electron chi connectivity index (χ0n) is 22.9. The average Bonchev–Trinajstić information content (AvgIpc) is 3.66. The van der Waals surface area contributed by atoms with Crippen LogP contribution in [0.25, 0.3) is 5.69 Å². The average molecular weight is 582 g/mol. The second-order valence-electron chi connectivity index (χ2n) is 9.84. The van der Waals surface area contributed by atoms with Crippen LogP contribution < -0.4 is 15.5 Å². The van der Waals surface area contributed by atoms with Crippen molar-refractivity contribution < 1.29 is 27.9 Å². The first-order chi connectivity index (χ1) is 20.1. The number of halogens is 3. The number of carbonyl (C=O) groups is 2. The standard InChI is InChI=1S/C29H30F3N7O3/c1-3-23(40)33-16-18-9-8-10-19(15-18)24-21-17-34-39(20-11-6-5-7-12-20)27(21)37(4-2)28(42)25(24)35-26(41)22-13-14-38(36-22)29(30,31)32/h5-15,17,24-25,28,42H,3-4,16H2,1-2H3,(H,33,40)(H,35,41)/t24-,25+,28?/m1/s1. The summed E-state index contributed by atoms with van der Waals surface area (Å²) in [6.07, 6.45) is -3.38. The van der Waals surface area contributed by atoms with Crippen molar-refractivity contribution in [1.82, 2.24) is 30.2 Å². The molecule has 2 aromatic heterocycles. The largest absolute Gasteiger partial charge is 0.504 e. The molecule has 0 aliphatic carbocycles. The highest BCUT2D eigenvalue weighted by Crippen LogP contribution is 2.43. The quantitative estimate of drug-likeness (QED) is 0.293. The summed E-state index contributed by atoms with van der Waals surface area (Å²) in [5, 5.41) is 25.3.